The van der Waals surface area contributed by atoms with Crippen molar-refractivity contribution in [1.29, 1.82) is 0 Å². The summed E-state index contributed by atoms with van der Waals surface area (Å²) in [5.41, 5.74) is 0. The lowest BCUT2D eigenvalue weighted by molar-refractivity contribution is 0.340. The lowest BCUT2D eigenvalue weighted by Crippen LogP contribution is -2.03. The van der Waals surface area contributed by atoms with Gasteiger partial charge in [0.25, 0.3) is 0 Å². The summed E-state index contributed by atoms with van der Waals surface area (Å²) >= 11 is 1.91. The minimum Gasteiger partial charge on any atom is -0.479 e. The SMILES string of the molecule is C1COC(CCSCCC2=NCCO2)=N1. The van der Waals surface area contributed by atoms with E-state index in [2.05, 4.69) is 9.98 Å². The highest BCUT2D eigenvalue weighted by Gasteiger charge is 2.08. The fraction of sp³-hybridized carbons (Fsp3) is 0.800. The third-order valence-electron chi connectivity index (χ3n) is 2.22. The zero-order chi connectivity index (χ0) is 10.3. The molecule has 0 saturated carbocycles. The molecule has 0 amide bonds. The molecule has 84 valence electrons. The van der Waals surface area contributed by atoms with Crippen molar-refractivity contribution in [2.24, 2.45) is 9.98 Å². The van der Waals surface area contributed by atoms with Crippen molar-refractivity contribution in [2.45, 2.75) is 12.8 Å². The number of aliphatic imine (C=N–C) groups is 2. The minimum absolute atomic E-state index is 0.768. The van der Waals surface area contributed by atoms with Crippen molar-refractivity contribution < 1.29 is 9.47 Å². The molecule has 2 rings (SSSR count). The Balaban J connectivity index is 1.48. The number of hydrogen-bond donors (Lipinski definition) is 0. The van der Waals surface area contributed by atoms with Crippen LogP contribution in [0.15, 0.2) is 9.98 Å². The second-order valence-electron chi connectivity index (χ2n) is 3.36. The predicted octanol–water partition coefficient (Wildman–Crippen LogP) is 1.36. The van der Waals surface area contributed by atoms with Gasteiger partial charge in [0.05, 0.1) is 13.1 Å². The summed E-state index contributed by atoms with van der Waals surface area (Å²) < 4.78 is 10.6. The van der Waals surface area contributed by atoms with Crippen LogP contribution in [0.25, 0.3) is 0 Å². The van der Waals surface area contributed by atoms with Crippen LogP contribution in [0.5, 0.6) is 0 Å². The van der Waals surface area contributed by atoms with Gasteiger partial charge in [0.2, 0.25) is 0 Å². The fourth-order valence-corrected chi connectivity index (χ4v) is 2.32. The zero-order valence-electron chi connectivity index (χ0n) is 8.78. The summed E-state index contributed by atoms with van der Waals surface area (Å²) in [5.74, 6) is 4.01. The molecule has 0 atom stereocenters. The second-order valence-corrected chi connectivity index (χ2v) is 4.58. The van der Waals surface area contributed by atoms with Crippen LogP contribution in [0.3, 0.4) is 0 Å². The van der Waals surface area contributed by atoms with Gasteiger partial charge in [-0.2, -0.15) is 11.8 Å². The maximum absolute atomic E-state index is 5.32. The lowest BCUT2D eigenvalue weighted by Gasteiger charge is -2.02. The Labute approximate surface area is 94.2 Å². The molecule has 0 radical (unpaired) electrons. The van der Waals surface area contributed by atoms with Crippen molar-refractivity contribution in [1.82, 2.24) is 0 Å². The largest absolute Gasteiger partial charge is 0.479 e. The zero-order valence-corrected chi connectivity index (χ0v) is 9.59. The van der Waals surface area contributed by atoms with E-state index in [1.807, 2.05) is 11.8 Å². The molecule has 0 aromatic rings. The normalized spacial score (nSPS) is 19.5. The molecule has 0 aliphatic carbocycles. The van der Waals surface area contributed by atoms with E-state index < -0.39 is 0 Å². The van der Waals surface area contributed by atoms with E-state index >= 15 is 0 Å². The second kappa shape index (κ2) is 6.00. The van der Waals surface area contributed by atoms with Gasteiger partial charge in [0.1, 0.15) is 13.2 Å². The average molecular weight is 228 g/mol. The van der Waals surface area contributed by atoms with Gasteiger partial charge in [0.15, 0.2) is 11.8 Å². The third kappa shape index (κ3) is 3.74. The molecule has 2 aliphatic rings. The fourth-order valence-electron chi connectivity index (χ4n) is 1.48. The molecule has 0 spiro atoms. The lowest BCUT2D eigenvalue weighted by atomic mass is 10.5. The summed E-state index contributed by atoms with van der Waals surface area (Å²) in [6.07, 6.45) is 1.91. The van der Waals surface area contributed by atoms with E-state index in [4.69, 9.17) is 9.47 Å². The molecule has 0 aromatic carbocycles. The van der Waals surface area contributed by atoms with Crippen LogP contribution < -0.4 is 0 Å². The van der Waals surface area contributed by atoms with E-state index in [1.54, 1.807) is 0 Å². The summed E-state index contributed by atoms with van der Waals surface area (Å²) in [5, 5.41) is 0. The van der Waals surface area contributed by atoms with E-state index in [9.17, 15) is 0 Å². The highest BCUT2D eigenvalue weighted by Crippen LogP contribution is 2.10. The van der Waals surface area contributed by atoms with E-state index in [0.29, 0.717) is 0 Å². The first kappa shape index (κ1) is 10.8. The van der Waals surface area contributed by atoms with Gasteiger partial charge in [-0.25, -0.2) is 0 Å². The van der Waals surface area contributed by atoms with Crippen LogP contribution in [0, 0.1) is 0 Å². The molecule has 0 fully saturated rings. The van der Waals surface area contributed by atoms with Crippen LogP contribution in [0.2, 0.25) is 0 Å². The van der Waals surface area contributed by atoms with Gasteiger partial charge in [-0.3, -0.25) is 9.98 Å². The smallest absolute Gasteiger partial charge is 0.184 e. The summed E-state index contributed by atoms with van der Waals surface area (Å²) in [4.78, 5) is 8.49. The molecule has 2 aliphatic heterocycles. The summed E-state index contributed by atoms with van der Waals surface area (Å²) in [6.45, 7) is 3.21. The van der Waals surface area contributed by atoms with Crippen molar-refractivity contribution in [3.8, 4) is 0 Å². The van der Waals surface area contributed by atoms with Gasteiger partial charge in [0, 0.05) is 24.3 Å². The Morgan fingerprint density at radius 2 is 1.47 bits per heavy atom. The Hall–Kier alpha value is -0.710. The van der Waals surface area contributed by atoms with E-state index in [-0.39, 0.29) is 0 Å². The predicted molar refractivity (Wildman–Crippen MR) is 63.1 cm³/mol. The molecule has 0 aromatic heterocycles. The quantitative estimate of drug-likeness (QED) is 0.645. The summed E-state index contributed by atoms with van der Waals surface area (Å²) in [7, 11) is 0. The Kier molecular flexibility index (Phi) is 4.32. The highest BCUT2D eigenvalue weighted by atomic mass is 32.2. The van der Waals surface area contributed by atoms with Crippen molar-refractivity contribution in [2.75, 3.05) is 37.8 Å². The number of nitrogens with zero attached hydrogens (tertiary/aromatic N) is 2. The van der Waals surface area contributed by atoms with Crippen LogP contribution in [0.4, 0.5) is 0 Å². The molecule has 4 nitrogen and oxygen atoms in total. The van der Waals surface area contributed by atoms with Crippen molar-refractivity contribution >= 4 is 23.6 Å². The van der Waals surface area contributed by atoms with Gasteiger partial charge >= 0.3 is 0 Å². The highest BCUT2D eigenvalue weighted by molar-refractivity contribution is 7.99. The first-order valence-corrected chi connectivity index (χ1v) is 6.50. The number of ether oxygens (including phenoxy) is 2. The molecule has 0 unspecified atom stereocenters. The standard InChI is InChI=1S/C10H16N2O2S/c1(9-11-3-5-13-9)7-15-8-2-10-12-4-6-14-10/h1-8H2. The Morgan fingerprint density at radius 1 is 0.933 bits per heavy atom. The molecule has 0 N–H and O–H groups in total. The van der Waals surface area contributed by atoms with Gasteiger partial charge < -0.3 is 9.47 Å². The maximum atomic E-state index is 5.32. The van der Waals surface area contributed by atoms with Crippen molar-refractivity contribution in [3.63, 3.8) is 0 Å². The molecule has 15 heavy (non-hydrogen) atoms. The number of rotatable bonds is 6. The molecule has 0 saturated heterocycles. The van der Waals surface area contributed by atoms with Gasteiger partial charge in [-0.05, 0) is 0 Å². The third-order valence-corrected chi connectivity index (χ3v) is 3.20. The maximum Gasteiger partial charge on any atom is 0.184 e. The van der Waals surface area contributed by atoms with Crippen LogP contribution in [-0.2, 0) is 9.47 Å². The minimum atomic E-state index is 0.768. The van der Waals surface area contributed by atoms with E-state index in [0.717, 1.165) is 62.4 Å². The Bertz CT molecular complexity index is 240. The van der Waals surface area contributed by atoms with Gasteiger partial charge in [-0.1, -0.05) is 0 Å². The Morgan fingerprint density at radius 3 is 1.87 bits per heavy atom. The first-order valence-electron chi connectivity index (χ1n) is 5.35. The van der Waals surface area contributed by atoms with Crippen LogP contribution >= 0.6 is 11.8 Å². The topological polar surface area (TPSA) is 43.2 Å². The van der Waals surface area contributed by atoms with Crippen molar-refractivity contribution in [3.05, 3.63) is 0 Å². The average Bonchev–Trinajstić information content (AvgIpc) is 2.88. The molecular formula is C10H16N2O2S. The van der Waals surface area contributed by atoms with Crippen LogP contribution in [0.1, 0.15) is 12.8 Å². The molecular weight excluding hydrogens is 212 g/mol. The molecule has 2 heterocycles. The summed E-state index contributed by atoms with van der Waals surface area (Å²) in [6, 6.07) is 0. The monoisotopic (exact) mass is 228 g/mol. The van der Waals surface area contributed by atoms with Crippen LogP contribution in [-0.4, -0.2) is 49.6 Å². The van der Waals surface area contributed by atoms with E-state index in [1.165, 1.54) is 0 Å². The molecule has 0 bridgehead atoms. The number of hydrogen-bond acceptors (Lipinski definition) is 5. The first-order chi connectivity index (χ1) is 7.45. The van der Waals surface area contributed by atoms with Gasteiger partial charge in [-0.15, -0.1) is 0 Å². The number of thioether (sulfide) groups is 1. The molecule has 5 heteroatoms.